The van der Waals surface area contributed by atoms with Crippen molar-refractivity contribution < 1.29 is 130 Å². The van der Waals surface area contributed by atoms with Crippen molar-refractivity contribution in [1.82, 2.24) is 0 Å². The maximum atomic E-state index is 8.69. The normalized spacial score (nSPS) is 6.67. The van der Waals surface area contributed by atoms with Crippen molar-refractivity contribution in [2.45, 2.75) is 0 Å². The molecular weight excluding hydrogens is 209 g/mol. The van der Waals surface area contributed by atoms with Crippen LogP contribution >= 0.6 is 0 Å². The molecule has 1 N–H and O–H groups in total. The summed E-state index contributed by atoms with van der Waals surface area (Å²) in [6, 6.07) is 0. The van der Waals surface area contributed by atoms with E-state index in [0.717, 1.165) is 0 Å². The molecule has 0 heterocycles. The Morgan fingerprint density at radius 1 is 0.889 bits per heavy atom. The summed E-state index contributed by atoms with van der Waals surface area (Å²) in [4.78, 5) is 33.1. The molecule has 0 atom stereocenters. The second kappa shape index (κ2) is 14.3. The van der Waals surface area contributed by atoms with E-state index in [1.807, 2.05) is 0 Å². The van der Waals surface area contributed by atoms with E-state index in [0.29, 0.717) is 0 Å². The minimum Gasteiger partial charge on any atom is -0.861 e. The third-order valence-electron chi connectivity index (χ3n) is 0. The first-order chi connectivity index (χ1) is 2.00. The molecule has 0 spiro atoms. The van der Waals surface area contributed by atoms with Gasteiger partial charge in [0.1, 0.15) is 0 Å². The molecule has 0 aromatic carbocycles. The molecule has 36 valence electrons. The van der Waals surface area contributed by atoms with E-state index in [1.165, 1.54) is 0 Å². The summed E-state index contributed by atoms with van der Waals surface area (Å²) < 4.78 is 0. The Hall–Kier alpha value is 3.77. The Bertz CT molecular complexity index is 31.3. The summed E-state index contributed by atoms with van der Waals surface area (Å²) in [6.07, 6.45) is 0. The summed E-state index contributed by atoms with van der Waals surface area (Å²) in [7, 11) is -5.36. The largest absolute Gasteiger partial charge is 1.00 e. The van der Waals surface area contributed by atoms with E-state index in [1.54, 1.807) is 0 Å². The second-order valence-electron chi connectivity index (χ2n) is 0.524. The van der Waals surface area contributed by atoms with Crippen LogP contribution in [0.25, 0.3) is 0 Å². The monoisotopic (exact) mass is 210 g/mol. The van der Waals surface area contributed by atoms with Crippen molar-refractivity contribution in [3.63, 3.8) is 0 Å². The van der Waals surface area contributed by atoms with Gasteiger partial charge in [0, 0.05) is 21.7 Å². The molecule has 0 aliphatic heterocycles. The molecule has 4 nitrogen and oxygen atoms in total. The Labute approximate surface area is 136 Å². The molecule has 9 heteroatoms. The maximum Gasteiger partial charge on any atom is 1.00 e. The van der Waals surface area contributed by atoms with Gasteiger partial charge in [-0.3, -0.25) is 0 Å². The maximum absolute atomic E-state index is 8.69. The van der Waals surface area contributed by atoms with Gasteiger partial charge in [-0.1, -0.05) is 0 Å². The van der Waals surface area contributed by atoms with Gasteiger partial charge in [-0.05, 0) is 0 Å². The van der Waals surface area contributed by atoms with Crippen molar-refractivity contribution in [1.29, 1.82) is 0 Å². The van der Waals surface area contributed by atoms with Crippen LogP contribution in [0.4, 0.5) is 0 Å². The predicted molar refractivity (Wildman–Crippen MR) is 7.97 cm³/mol. The minimum absolute atomic E-state index is 0. The molecule has 0 bridgehead atoms. The van der Waals surface area contributed by atoms with Gasteiger partial charge in [-0.15, -0.1) is 9.05 Å². The van der Waals surface area contributed by atoms with Gasteiger partial charge in [-0.25, -0.2) is 0 Å². The van der Waals surface area contributed by atoms with Crippen LogP contribution in [-0.4, -0.2) is 13.8 Å². The van der Waals surface area contributed by atoms with Crippen molar-refractivity contribution in [3.05, 3.63) is 0 Å². The van der Waals surface area contributed by atoms with Gasteiger partial charge in [0.15, 0.2) is 0 Å². The molecule has 0 radical (unpaired) electrons. The fraction of sp³-hybridized carbons (Fsp3) is 0. The van der Waals surface area contributed by atoms with E-state index >= 15 is 0 Å². The SMILES string of the molecule is [Na+].[Na+].[Na+].[O-][Si]([O-])([O-])O.[Ti]. The average Bonchev–Trinajstić information content (AvgIpc) is 0.722. The van der Waals surface area contributed by atoms with Crippen LogP contribution < -0.4 is 103 Å². The Morgan fingerprint density at radius 3 is 0.889 bits per heavy atom. The molecule has 9 heavy (non-hydrogen) atoms. The Balaban J connectivity index is -0.0000000133. The first kappa shape index (κ1) is 29.3. The van der Waals surface area contributed by atoms with Crippen LogP contribution in [0.2, 0.25) is 0 Å². The zero-order valence-electron chi connectivity index (χ0n) is 5.67. The van der Waals surface area contributed by atoms with Crippen molar-refractivity contribution in [2.75, 3.05) is 0 Å². The molecular formula is HNa3O4SiTi. The van der Waals surface area contributed by atoms with E-state index in [-0.39, 0.29) is 110 Å². The van der Waals surface area contributed by atoms with Crippen molar-refractivity contribution in [3.8, 4) is 0 Å². The van der Waals surface area contributed by atoms with Crippen LogP contribution in [-0.2, 0) is 21.7 Å². The molecule has 0 aliphatic rings. The van der Waals surface area contributed by atoms with Gasteiger partial charge < -0.3 is 19.2 Å². The van der Waals surface area contributed by atoms with Crippen LogP contribution in [0.1, 0.15) is 0 Å². The summed E-state index contributed by atoms with van der Waals surface area (Å²) >= 11 is 0. The van der Waals surface area contributed by atoms with Gasteiger partial charge >= 0.3 is 88.7 Å². The predicted octanol–water partition coefficient (Wildman–Crippen LogP) is -13.5. The van der Waals surface area contributed by atoms with Crippen molar-refractivity contribution in [2.24, 2.45) is 0 Å². The number of hydrogen-bond acceptors (Lipinski definition) is 4. The smallest absolute Gasteiger partial charge is 0.861 e. The van der Waals surface area contributed by atoms with Crippen LogP contribution in [0.15, 0.2) is 0 Å². The van der Waals surface area contributed by atoms with Crippen LogP contribution in [0, 0.1) is 0 Å². The zero-order valence-corrected chi connectivity index (χ0v) is 14.2. The topological polar surface area (TPSA) is 89.4 Å². The first-order valence-electron chi connectivity index (χ1n) is 0.836. The summed E-state index contributed by atoms with van der Waals surface area (Å²) in [6.45, 7) is 0. The Kier molecular flexibility index (Phi) is 46.6. The molecule has 0 aromatic rings. The summed E-state index contributed by atoms with van der Waals surface area (Å²) in [5, 5.41) is 0. The van der Waals surface area contributed by atoms with E-state index in [4.69, 9.17) is 19.2 Å². The molecule has 0 saturated heterocycles. The van der Waals surface area contributed by atoms with Gasteiger partial charge in [0.05, 0.1) is 0 Å². The van der Waals surface area contributed by atoms with Crippen molar-refractivity contribution >= 4 is 9.05 Å². The molecule has 0 aliphatic carbocycles. The molecule has 0 amide bonds. The summed E-state index contributed by atoms with van der Waals surface area (Å²) in [5.74, 6) is 0. The molecule has 0 rings (SSSR count). The van der Waals surface area contributed by atoms with Crippen LogP contribution in [0.3, 0.4) is 0 Å². The van der Waals surface area contributed by atoms with E-state index in [9.17, 15) is 0 Å². The quantitative estimate of drug-likeness (QED) is 0.402. The van der Waals surface area contributed by atoms with Crippen LogP contribution in [0.5, 0.6) is 0 Å². The van der Waals surface area contributed by atoms with E-state index in [2.05, 4.69) is 0 Å². The molecule has 0 fully saturated rings. The second-order valence-corrected chi connectivity index (χ2v) is 1.57. The number of rotatable bonds is 0. The molecule has 0 unspecified atom stereocenters. The van der Waals surface area contributed by atoms with E-state index < -0.39 is 9.05 Å². The standard InChI is InChI=1S/3Na.HO4Si.Ti/c;;;1-5(2,3)4;/h;;;1H;/q3*+1;-3;. The van der Waals surface area contributed by atoms with Gasteiger partial charge in [0.25, 0.3) is 0 Å². The molecule has 0 saturated carbocycles. The number of hydrogen-bond donors (Lipinski definition) is 1. The minimum atomic E-state index is -5.36. The third kappa shape index (κ3) is 79.0. The fourth-order valence-corrected chi connectivity index (χ4v) is 0. The van der Waals surface area contributed by atoms with Gasteiger partial charge in [-0.2, -0.15) is 0 Å². The average molecular weight is 210 g/mol. The summed E-state index contributed by atoms with van der Waals surface area (Å²) in [5.41, 5.74) is 0. The third-order valence-corrected chi connectivity index (χ3v) is 0. The zero-order chi connectivity index (χ0) is 4.50. The Morgan fingerprint density at radius 2 is 0.889 bits per heavy atom. The molecule has 0 aromatic heterocycles. The van der Waals surface area contributed by atoms with Gasteiger partial charge in [0.2, 0.25) is 0 Å². The first-order valence-corrected chi connectivity index (χ1v) is 2.51. The fourth-order valence-electron chi connectivity index (χ4n) is 0.